The summed E-state index contributed by atoms with van der Waals surface area (Å²) in [7, 11) is 0. The number of anilines is 2. The summed E-state index contributed by atoms with van der Waals surface area (Å²) in [4.78, 5) is 13.7. The molecule has 2 aromatic rings. The molecule has 0 atom stereocenters. The van der Waals surface area contributed by atoms with Gasteiger partial charge in [0.25, 0.3) is 0 Å². The van der Waals surface area contributed by atoms with Crippen molar-refractivity contribution in [2.75, 3.05) is 36.0 Å². The second-order valence-electron chi connectivity index (χ2n) is 5.54. The molecule has 0 bridgehead atoms. The molecule has 22 heavy (non-hydrogen) atoms. The maximum Gasteiger partial charge on any atom is 0.137 e. The Morgan fingerprint density at radius 1 is 1.00 bits per heavy atom. The zero-order chi connectivity index (χ0) is 15.5. The lowest BCUT2D eigenvalue weighted by atomic mass is 10.2. The quantitative estimate of drug-likeness (QED) is 0.813. The van der Waals surface area contributed by atoms with Gasteiger partial charge >= 0.3 is 0 Å². The van der Waals surface area contributed by atoms with Gasteiger partial charge in [-0.2, -0.15) is 0 Å². The molecule has 116 valence electrons. The molecule has 3 rings (SSSR count). The summed E-state index contributed by atoms with van der Waals surface area (Å²) in [6, 6.07) is 10.6. The van der Waals surface area contributed by atoms with Crippen LogP contribution in [-0.2, 0) is 6.42 Å². The van der Waals surface area contributed by atoms with Crippen LogP contribution in [-0.4, -0.2) is 36.1 Å². The zero-order valence-corrected chi connectivity index (χ0v) is 13.8. The standard InChI is InChI=1S/C17H21ClN4/c1-3-15-19-16(18)13(2)17(20-15)22-11-9-21(10-12-22)14-7-5-4-6-8-14/h4-8H,3,9-12H2,1-2H3. The molecule has 1 fully saturated rings. The van der Waals surface area contributed by atoms with Crippen molar-refractivity contribution in [2.45, 2.75) is 20.3 Å². The normalized spacial score (nSPS) is 15.2. The van der Waals surface area contributed by atoms with E-state index in [4.69, 9.17) is 11.6 Å². The second kappa shape index (κ2) is 6.53. The number of rotatable bonds is 3. The fraction of sp³-hybridized carbons (Fsp3) is 0.412. The Bertz CT molecular complexity index is 637. The second-order valence-corrected chi connectivity index (χ2v) is 5.90. The molecule has 0 amide bonds. The van der Waals surface area contributed by atoms with Gasteiger partial charge in [-0.15, -0.1) is 0 Å². The first-order chi connectivity index (χ1) is 10.7. The van der Waals surface area contributed by atoms with E-state index in [9.17, 15) is 0 Å². The molecule has 1 aliphatic heterocycles. The fourth-order valence-electron chi connectivity index (χ4n) is 2.80. The lowest BCUT2D eigenvalue weighted by Crippen LogP contribution is -2.47. The predicted octanol–water partition coefficient (Wildman–Crippen LogP) is 3.33. The third kappa shape index (κ3) is 3.02. The van der Waals surface area contributed by atoms with Gasteiger partial charge < -0.3 is 9.80 Å². The molecular formula is C17H21ClN4. The number of halogens is 1. The number of aryl methyl sites for hydroxylation is 1. The number of aromatic nitrogens is 2. The Labute approximate surface area is 136 Å². The molecule has 0 spiro atoms. The third-order valence-electron chi connectivity index (χ3n) is 4.12. The van der Waals surface area contributed by atoms with E-state index in [1.165, 1.54) is 5.69 Å². The molecular weight excluding hydrogens is 296 g/mol. The van der Waals surface area contributed by atoms with Crippen molar-refractivity contribution in [3.8, 4) is 0 Å². The topological polar surface area (TPSA) is 32.3 Å². The maximum absolute atomic E-state index is 6.25. The highest BCUT2D eigenvalue weighted by molar-refractivity contribution is 6.30. The van der Waals surface area contributed by atoms with E-state index in [1.54, 1.807) is 0 Å². The fourth-order valence-corrected chi connectivity index (χ4v) is 2.98. The summed E-state index contributed by atoms with van der Waals surface area (Å²) >= 11 is 6.25. The first-order valence-electron chi connectivity index (χ1n) is 7.77. The van der Waals surface area contributed by atoms with Crippen LogP contribution in [0.1, 0.15) is 18.3 Å². The van der Waals surface area contributed by atoms with E-state index in [2.05, 4.69) is 57.0 Å². The molecule has 1 aliphatic rings. The highest BCUT2D eigenvalue weighted by Gasteiger charge is 2.21. The molecule has 0 aliphatic carbocycles. The summed E-state index contributed by atoms with van der Waals surface area (Å²) in [5.74, 6) is 1.81. The summed E-state index contributed by atoms with van der Waals surface area (Å²) in [6.45, 7) is 7.94. The molecule has 1 aromatic heterocycles. The van der Waals surface area contributed by atoms with Crippen LogP contribution in [0.2, 0.25) is 5.15 Å². The smallest absolute Gasteiger partial charge is 0.137 e. The van der Waals surface area contributed by atoms with Crippen molar-refractivity contribution in [1.29, 1.82) is 0 Å². The molecule has 0 unspecified atom stereocenters. The Morgan fingerprint density at radius 2 is 1.64 bits per heavy atom. The highest BCUT2D eigenvalue weighted by atomic mass is 35.5. The highest BCUT2D eigenvalue weighted by Crippen LogP contribution is 2.25. The van der Waals surface area contributed by atoms with Crippen molar-refractivity contribution in [1.82, 2.24) is 9.97 Å². The molecule has 0 radical (unpaired) electrons. The van der Waals surface area contributed by atoms with E-state index in [0.29, 0.717) is 5.15 Å². The van der Waals surface area contributed by atoms with Crippen LogP contribution in [0.25, 0.3) is 0 Å². The predicted molar refractivity (Wildman–Crippen MR) is 92.0 cm³/mol. The van der Waals surface area contributed by atoms with Crippen LogP contribution in [0.15, 0.2) is 30.3 Å². The van der Waals surface area contributed by atoms with Gasteiger partial charge in [-0.3, -0.25) is 0 Å². The number of para-hydroxylation sites is 1. The third-order valence-corrected chi connectivity index (χ3v) is 4.49. The SMILES string of the molecule is CCc1nc(Cl)c(C)c(N2CCN(c3ccccc3)CC2)n1. The van der Waals surface area contributed by atoms with E-state index >= 15 is 0 Å². The van der Waals surface area contributed by atoms with Gasteiger partial charge in [-0.05, 0) is 19.1 Å². The Balaban J connectivity index is 1.75. The number of piperazine rings is 1. The van der Waals surface area contributed by atoms with Crippen LogP contribution in [0, 0.1) is 6.92 Å². The number of hydrogen-bond donors (Lipinski definition) is 0. The Morgan fingerprint density at radius 3 is 2.27 bits per heavy atom. The average molecular weight is 317 g/mol. The first kappa shape index (κ1) is 15.1. The molecule has 1 saturated heterocycles. The van der Waals surface area contributed by atoms with Crippen molar-refractivity contribution >= 4 is 23.1 Å². The van der Waals surface area contributed by atoms with Crippen LogP contribution < -0.4 is 9.80 Å². The van der Waals surface area contributed by atoms with Gasteiger partial charge in [-0.1, -0.05) is 36.7 Å². The zero-order valence-electron chi connectivity index (χ0n) is 13.1. The molecule has 4 nitrogen and oxygen atoms in total. The summed E-state index contributed by atoms with van der Waals surface area (Å²) in [5, 5.41) is 0.576. The van der Waals surface area contributed by atoms with Crippen LogP contribution in [0.3, 0.4) is 0 Å². The maximum atomic E-state index is 6.25. The van der Waals surface area contributed by atoms with Crippen LogP contribution in [0.4, 0.5) is 11.5 Å². The number of nitrogens with zero attached hydrogens (tertiary/aromatic N) is 4. The van der Waals surface area contributed by atoms with E-state index < -0.39 is 0 Å². The van der Waals surface area contributed by atoms with Crippen molar-refractivity contribution in [3.63, 3.8) is 0 Å². The monoisotopic (exact) mass is 316 g/mol. The van der Waals surface area contributed by atoms with Gasteiger partial charge in [0.2, 0.25) is 0 Å². The molecule has 2 heterocycles. The van der Waals surface area contributed by atoms with Crippen molar-refractivity contribution in [3.05, 3.63) is 46.9 Å². The summed E-state index contributed by atoms with van der Waals surface area (Å²) in [5.41, 5.74) is 2.26. The van der Waals surface area contributed by atoms with Crippen molar-refractivity contribution < 1.29 is 0 Å². The van der Waals surface area contributed by atoms with E-state index in [-0.39, 0.29) is 0 Å². The molecule has 0 N–H and O–H groups in total. The van der Waals surface area contributed by atoms with Gasteiger partial charge in [0.15, 0.2) is 0 Å². The summed E-state index contributed by atoms with van der Waals surface area (Å²) < 4.78 is 0. The van der Waals surface area contributed by atoms with Crippen molar-refractivity contribution in [2.24, 2.45) is 0 Å². The average Bonchev–Trinajstić information content (AvgIpc) is 2.58. The molecule has 5 heteroatoms. The Hall–Kier alpha value is -1.81. The minimum atomic E-state index is 0.576. The molecule has 0 saturated carbocycles. The van der Waals surface area contributed by atoms with Crippen LogP contribution >= 0.6 is 11.6 Å². The first-order valence-corrected chi connectivity index (χ1v) is 8.14. The minimum absolute atomic E-state index is 0.576. The van der Waals surface area contributed by atoms with Gasteiger partial charge in [0.05, 0.1) is 0 Å². The lowest BCUT2D eigenvalue weighted by molar-refractivity contribution is 0.643. The minimum Gasteiger partial charge on any atom is -0.368 e. The number of hydrogen-bond acceptors (Lipinski definition) is 4. The van der Waals surface area contributed by atoms with E-state index in [1.807, 2.05) is 6.92 Å². The largest absolute Gasteiger partial charge is 0.368 e. The van der Waals surface area contributed by atoms with E-state index in [0.717, 1.165) is 49.8 Å². The number of benzene rings is 1. The summed E-state index contributed by atoms with van der Waals surface area (Å²) in [6.07, 6.45) is 0.803. The van der Waals surface area contributed by atoms with Gasteiger partial charge in [0, 0.05) is 43.9 Å². The van der Waals surface area contributed by atoms with Crippen LogP contribution in [0.5, 0.6) is 0 Å². The van der Waals surface area contributed by atoms with Gasteiger partial charge in [0.1, 0.15) is 16.8 Å². The lowest BCUT2D eigenvalue weighted by Gasteiger charge is -2.37. The Kier molecular flexibility index (Phi) is 4.48. The molecule has 1 aromatic carbocycles. The van der Waals surface area contributed by atoms with Gasteiger partial charge in [-0.25, -0.2) is 9.97 Å².